The molecule has 0 amide bonds. The van der Waals surface area contributed by atoms with Gasteiger partial charge in [-0.2, -0.15) is 5.26 Å². The molecule has 0 radical (unpaired) electrons. The molecule has 1 heterocycles. The van der Waals surface area contributed by atoms with Crippen LogP contribution in [0.5, 0.6) is 0 Å². The highest BCUT2D eigenvalue weighted by molar-refractivity contribution is 8.43. The second kappa shape index (κ2) is 7.25. The van der Waals surface area contributed by atoms with E-state index in [0.717, 1.165) is 9.46 Å². The van der Waals surface area contributed by atoms with Crippen LogP contribution in [0.3, 0.4) is 0 Å². The molecular formula is C15H24N2S4. The van der Waals surface area contributed by atoms with Crippen LogP contribution in [0, 0.1) is 21.5 Å². The Morgan fingerprint density at radius 1 is 1.24 bits per heavy atom. The van der Waals surface area contributed by atoms with Crippen molar-refractivity contribution in [2.24, 2.45) is 15.8 Å². The lowest BCUT2D eigenvalue weighted by Gasteiger charge is -2.49. The molecule has 118 valence electrons. The number of aliphatic imine (C=N–C) groups is 1. The smallest absolute Gasteiger partial charge is 0.134 e. The lowest BCUT2D eigenvalue weighted by molar-refractivity contribution is 0.107. The molecule has 0 saturated carbocycles. The van der Waals surface area contributed by atoms with Crippen LogP contribution in [-0.2, 0) is 0 Å². The van der Waals surface area contributed by atoms with E-state index in [9.17, 15) is 0 Å². The maximum atomic E-state index is 8.68. The fraction of sp³-hybridized carbons (Fsp3) is 0.733. The SMILES string of the molecule is CSC=C1SC(SCSC#N)=NC1(C(C)(C)C)C(C)(C)C. The molecular weight excluding hydrogens is 336 g/mol. The van der Waals surface area contributed by atoms with Crippen molar-refractivity contribution in [2.45, 2.75) is 47.1 Å². The van der Waals surface area contributed by atoms with Gasteiger partial charge in [0.2, 0.25) is 0 Å². The van der Waals surface area contributed by atoms with Gasteiger partial charge in [0.25, 0.3) is 0 Å². The molecule has 0 fully saturated rings. The highest BCUT2D eigenvalue weighted by Crippen LogP contribution is 2.60. The van der Waals surface area contributed by atoms with Crippen molar-refractivity contribution in [3.63, 3.8) is 0 Å². The predicted octanol–water partition coefficient (Wildman–Crippen LogP) is 6.03. The molecule has 0 aliphatic carbocycles. The third-order valence-electron chi connectivity index (χ3n) is 3.51. The molecule has 1 aliphatic heterocycles. The molecule has 0 aromatic rings. The number of hydrogen-bond donors (Lipinski definition) is 0. The molecule has 0 bridgehead atoms. The Hall–Kier alpha value is 0.300. The summed E-state index contributed by atoms with van der Waals surface area (Å²) in [4.78, 5) is 6.50. The summed E-state index contributed by atoms with van der Waals surface area (Å²) in [5.41, 5.74) is -0.150. The van der Waals surface area contributed by atoms with Gasteiger partial charge in [-0.25, -0.2) is 0 Å². The maximum absolute atomic E-state index is 8.68. The van der Waals surface area contributed by atoms with Gasteiger partial charge >= 0.3 is 0 Å². The van der Waals surface area contributed by atoms with Gasteiger partial charge in [-0.05, 0) is 34.3 Å². The van der Waals surface area contributed by atoms with Gasteiger partial charge in [0, 0.05) is 4.91 Å². The molecule has 0 spiro atoms. The number of thiocyanates is 1. The summed E-state index contributed by atoms with van der Waals surface area (Å²) in [7, 11) is 0. The molecule has 0 atom stereocenters. The van der Waals surface area contributed by atoms with Crippen LogP contribution in [0.15, 0.2) is 15.3 Å². The van der Waals surface area contributed by atoms with Crippen molar-refractivity contribution >= 4 is 51.4 Å². The van der Waals surface area contributed by atoms with Crippen LogP contribution in [0.1, 0.15) is 41.5 Å². The predicted molar refractivity (Wildman–Crippen MR) is 104 cm³/mol. The van der Waals surface area contributed by atoms with E-state index < -0.39 is 0 Å². The minimum absolute atomic E-state index is 0.0322. The highest BCUT2D eigenvalue weighted by Gasteiger charge is 2.56. The molecule has 0 aromatic heterocycles. The van der Waals surface area contributed by atoms with E-state index in [0.29, 0.717) is 0 Å². The van der Waals surface area contributed by atoms with Crippen LogP contribution < -0.4 is 0 Å². The van der Waals surface area contributed by atoms with Crippen LogP contribution in [0.2, 0.25) is 0 Å². The summed E-state index contributed by atoms with van der Waals surface area (Å²) in [5, 5.41) is 13.8. The van der Waals surface area contributed by atoms with E-state index in [2.05, 4.69) is 58.6 Å². The monoisotopic (exact) mass is 360 g/mol. The van der Waals surface area contributed by atoms with Gasteiger partial charge in [-0.15, -0.1) is 11.8 Å². The van der Waals surface area contributed by atoms with Crippen molar-refractivity contribution in [1.29, 1.82) is 5.26 Å². The minimum atomic E-state index is -0.215. The van der Waals surface area contributed by atoms with Crippen LogP contribution in [-0.4, -0.2) is 21.3 Å². The molecule has 0 N–H and O–H groups in total. The Labute approximate surface area is 146 Å². The molecule has 6 heteroatoms. The minimum Gasteiger partial charge on any atom is -0.258 e. The van der Waals surface area contributed by atoms with Crippen molar-refractivity contribution in [2.75, 3.05) is 11.3 Å². The number of nitriles is 1. The molecule has 0 saturated heterocycles. The molecule has 1 aliphatic rings. The molecule has 0 aromatic carbocycles. The largest absolute Gasteiger partial charge is 0.258 e. The average Bonchev–Trinajstić information content (AvgIpc) is 2.69. The van der Waals surface area contributed by atoms with Crippen LogP contribution in [0.25, 0.3) is 0 Å². The number of hydrogen-bond acceptors (Lipinski definition) is 6. The van der Waals surface area contributed by atoms with Gasteiger partial charge in [-0.1, -0.05) is 65.1 Å². The Balaban J connectivity index is 3.29. The summed E-state index contributed by atoms with van der Waals surface area (Å²) in [6.45, 7) is 13.6. The molecule has 0 unspecified atom stereocenters. The lowest BCUT2D eigenvalue weighted by Crippen LogP contribution is -2.51. The number of thioether (sulfide) groups is 4. The second-order valence-corrected chi connectivity index (χ2v) is 11.0. The Morgan fingerprint density at radius 2 is 1.81 bits per heavy atom. The third kappa shape index (κ3) is 3.99. The quantitative estimate of drug-likeness (QED) is 0.349. The Bertz CT molecular complexity index is 461. The molecule has 1 rings (SSSR count). The first-order valence-corrected chi connectivity index (χ1v) is 10.8. The first kappa shape index (κ1) is 19.3. The van der Waals surface area contributed by atoms with E-state index in [-0.39, 0.29) is 16.4 Å². The Morgan fingerprint density at radius 3 is 2.24 bits per heavy atom. The summed E-state index contributed by atoms with van der Waals surface area (Å²) < 4.78 is 1.09. The fourth-order valence-corrected chi connectivity index (χ4v) is 7.00. The highest BCUT2D eigenvalue weighted by atomic mass is 32.2. The van der Waals surface area contributed by atoms with Gasteiger partial charge in [0.15, 0.2) is 0 Å². The van der Waals surface area contributed by atoms with Gasteiger partial charge in [-0.3, -0.25) is 4.99 Å². The maximum Gasteiger partial charge on any atom is 0.134 e. The van der Waals surface area contributed by atoms with Crippen LogP contribution >= 0.6 is 47.0 Å². The van der Waals surface area contributed by atoms with E-state index in [1.54, 1.807) is 35.3 Å². The lowest BCUT2D eigenvalue weighted by atomic mass is 9.60. The van der Waals surface area contributed by atoms with E-state index in [1.807, 2.05) is 0 Å². The normalized spacial score (nSPS) is 20.5. The number of rotatable bonds is 3. The number of nitrogens with zero attached hydrogens (tertiary/aromatic N) is 2. The zero-order chi connectivity index (χ0) is 16.3. The summed E-state index contributed by atoms with van der Waals surface area (Å²) in [6.07, 6.45) is 2.10. The van der Waals surface area contributed by atoms with E-state index in [1.165, 1.54) is 16.7 Å². The van der Waals surface area contributed by atoms with Crippen molar-refractivity contribution in [1.82, 2.24) is 0 Å². The van der Waals surface area contributed by atoms with E-state index >= 15 is 0 Å². The van der Waals surface area contributed by atoms with Gasteiger partial charge in [0.1, 0.15) is 15.3 Å². The van der Waals surface area contributed by atoms with Crippen LogP contribution in [0.4, 0.5) is 0 Å². The topological polar surface area (TPSA) is 36.1 Å². The summed E-state index contributed by atoms with van der Waals surface area (Å²) in [5.74, 6) is 0. The second-order valence-electron chi connectivity index (χ2n) is 6.91. The summed E-state index contributed by atoms with van der Waals surface area (Å²) in [6, 6.07) is 0. The summed E-state index contributed by atoms with van der Waals surface area (Å²) >= 11 is 6.47. The average molecular weight is 361 g/mol. The zero-order valence-corrected chi connectivity index (χ0v) is 17.1. The van der Waals surface area contributed by atoms with Gasteiger partial charge in [0.05, 0.1) is 5.08 Å². The fourth-order valence-electron chi connectivity index (χ4n) is 2.97. The first-order chi connectivity index (χ1) is 9.60. The van der Waals surface area contributed by atoms with Crippen molar-refractivity contribution in [3.05, 3.63) is 10.3 Å². The van der Waals surface area contributed by atoms with E-state index in [4.69, 9.17) is 10.3 Å². The van der Waals surface area contributed by atoms with Gasteiger partial charge < -0.3 is 0 Å². The zero-order valence-electron chi connectivity index (χ0n) is 13.8. The first-order valence-electron chi connectivity index (χ1n) is 6.75. The molecule has 2 nitrogen and oxygen atoms in total. The standard InChI is InChI=1S/C15H24N2S4/c1-13(2,3)15(14(4,5)6)11(8-18-7)21-12(17-15)20-10-19-9-16/h8H,10H2,1-7H3. The Kier molecular flexibility index (Phi) is 6.68. The molecule has 21 heavy (non-hydrogen) atoms. The third-order valence-corrected chi connectivity index (χ3v) is 7.05. The van der Waals surface area contributed by atoms with Crippen molar-refractivity contribution < 1.29 is 0 Å². The van der Waals surface area contributed by atoms with Crippen molar-refractivity contribution in [3.8, 4) is 5.40 Å².